The number of nitrogens with zero attached hydrogens (tertiary/aromatic N) is 1. The molecule has 0 saturated carbocycles. The predicted molar refractivity (Wildman–Crippen MR) is 55.8 cm³/mol. The Morgan fingerprint density at radius 1 is 1.21 bits per heavy atom. The highest BCUT2D eigenvalue weighted by Gasteiger charge is 2.08. The number of alkyl halides is 2. The molecule has 0 rings (SSSR count). The van der Waals surface area contributed by atoms with Gasteiger partial charge in [-0.15, -0.1) is 0 Å². The zero-order chi connectivity index (χ0) is 11.1. The van der Waals surface area contributed by atoms with Crippen LogP contribution in [-0.4, -0.2) is 44.0 Å². The molecule has 1 atom stereocenters. The van der Waals surface area contributed by atoms with Crippen LogP contribution >= 0.6 is 0 Å². The fraction of sp³-hybridized carbons (Fsp3) is 1.00. The first-order valence-electron chi connectivity index (χ1n) is 5.13. The SMILES string of the molecule is CC(C)C(C)NCCN(C)CC(F)F. The summed E-state index contributed by atoms with van der Waals surface area (Å²) in [6, 6.07) is 0.440. The van der Waals surface area contributed by atoms with Gasteiger partial charge < -0.3 is 5.32 Å². The van der Waals surface area contributed by atoms with Crippen molar-refractivity contribution >= 4 is 0 Å². The smallest absolute Gasteiger partial charge is 0.251 e. The van der Waals surface area contributed by atoms with Gasteiger partial charge in [0, 0.05) is 19.1 Å². The standard InChI is InChI=1S/C10H22F2N2/c1-8(2)9(3)13-5-6-14(4)7-10(11)12/h8-10,13H,5-7H2,1-4H3. The molecule has 0 aromatic carbocycles. The number of halogens is 2. The van der Waals surface area contributed by atoms with Gasteiger partial charge in [-0.25, -0.2) is 8.78 Å². The summed E-state index contributed by atoms with van der Waals surface area (Å²) in [7, 11) is 1.72. The molecule has 0 amide bonds. The molecule has 1 unspecified atom stereocenters. The van der Waals surface area contributed by atoms with Crippen molar-refractivity contribution in [3.05, 3.63) is 0 Å². The van der Waals surface area contributed by atoms with Crippen molar-refractivity contribution in [1.29, 1.82) is 0 Å². The molecule has 0 spiro atoms. The minimum Gasteiger partial charge on any atom is -0.313 e. The van der Waals surface area contributed by atoms with E-state index in [1.807, 2.05) is 0 Å². The van der Waals surface area contributed by atoms with Crippen LogP contribution < -0.4 is 5.32 Å². The van der Waals surface area contributed by atoms with Crippen molar-refractivity contribution in [3.8, 4) is 0 Å². The normalized spacial score (nSPS) is 14.4. The summed E-state index contributed by atoms with van der Waals surface area (Å²) >= 11 is 0. The topological polar surface area (TPSA) is 15.3 Å². The minimum absolute atomic E-state index is 0.141. The zero-order valence-electron chi connectivity index (χ0n) is 9.56. The summed E-state index contributed by atoms with van der Waals surface area (Å²) in [6.45, 7) is 7.68. The molecule has 2 nitrogen and oxygen atoms in total. The first-order chi connectivity index (χ1) is 6.43. The minimum atomic E-state index is -2.23. The second kappa shape index (κ2) is 7.12. The van der Waals surface area contributed by atoms with E-state index in [4.69, 9.17) is 0 Å². The molecule has 0 aliphatic heterocycles. The van der Waals surface area contributed by atoms with Crippen molar-refractivity contribution in [2.75, 3.05) is 26.7 Å². The summed E-state index contributed by atoms with van der Waals surface area (Å²) in [6.07, 6.45) is -2.23. The second-order valence-electron chi connectivity index (χ2n) is 4.14. The van der Waals surface area contributed by atoms with Gasteiger partial charge in [-0.2, -0.15) is 0 Å². The zero-order valence-corrected chi connectivity index (χ0v) is 9.56. The molecule has 0 aliphatic rings. The Hall–Kier alpha value is -0.220. The molecular weight excluding hydrogens is 186 g/mol. The van der Waals surface area contributed by atoms with Crippen LogP contribution in [0.2, 0.25) is 0 Å². The van der Waals surface area contributed by atoms with Crippen molar-refractivity contribution in [2.24, 2.45) is 5.92 Å². The van der Waals surface area contributed by atoms with Crippen LogP contribution in [0.4, 0.5) is 8.78 Å². The summed E-state index contributed by atoms with van der Waals surface area (Å²) in [4.78, 5) is 1.64. The number of likely N-dealkylation sites (N-methyl/N-ethyl adjacent to an activating group) is 1. The van der Waals surface area contributed by atoms with E-state index < -0.39 is 6.43 Å². The predicted octanol–water partition coefficient (Wildman–Crippen LogP) is 1.82. The summed E-state index contributed by atoms with van der Waals surface area (Å²) in [5.41, 5.74) is 0. The Bertz CT molecular complexity index is 140. The maximum absolute atomic E-state index is 11.9. The molecule has 0 saturated heterocycles. The quantitative estimate of drug-likeness (QED) is 0.686. The molecule has 0 aromatic rings. The van der Waals surface area contributed by atoms with Crippen molar-refractivity contribution in [2.45, 2.75) is 33.2 Å². The van der Waals surface area contributed by atoms with Crippen molar-refractivity contribution in [1.82, 2.24) is 10.2 Å². The van der Waals surface area contributed by atoms with E-state index in [1.165, 1.54) is 0 Å². The summed E-state index contributed by atoms with van der Waals surface area (Å²) < 4.78 is 23.9. The third-order valence-corrected chi connectivity index (χ3v) is 2.41. The van der Waals surface area contributed by atoms with Crippen LogP contribution in [0.1, 0.15) is 20.8 Å². The third kappa shape index (κ3) is 7.21. The van der Waals surface area contributed by atoms with Gasteiger partial charge in [0.1, 0.15) is 0 Å². The molecular formula is C10H22F2N2. The number of rotatable bonds is 7. The second-order valence-corrected chi connectivity index (χ2v) is 4.14. The Morgan fingerprint density at radius 3 is 2.21 bits per heavy atom. The first-order valence-corrected chi connectivity index (χ1v) is 5.13. The van der Waals surface area contributed by atoms with Gasteiger partial charge in [0.25, 0.3) is 6.43 Å². The van der Waals surface area contributed by atoms with Crippen molar-refractivity contribution in [3.63, 3.8) is 0 Å². The summed E-state index contributed by atoms with van der Waals surface area (Å²) in [5.74, 6) is 0.579. The van der Waals surface area contributed by atoms with E-state index >= 15 is 0 Å². The Balaban J connectivity index is 3.44. The van der Waals surface area contributed by atoms with Crippen LogP contribution in [0.5, 0.6) is 0 Å². The van der Waals surface area contributed by atoms with Gasteiger partial charge in [0.05, 0.1) is 6.54 Å². The van der Waals surface area contributed by atoms with Crippen LogP contribution in [0.15, 0.2) is 0 Å². The lowest BCUT2D eigenvalue weighted by atomic mass is 10.1. The molecule has 14 heavy (non-hydrogen) atoms. The molecule has 86 valence electrons. The van der Waals surface area contributed by atoms with Crippen LogP contribution in [0.25, 0.3) is 0 Å². The van der Waals surface area contributed by atoms with Gasteiger partial charge in [-0.05, 0) is 19.9 Å². The largest absolute Gasteiger partial charge is 0.313 e. The third-order valence-electron chi connectivity index (χ3n) is 2.41. The highest BCUT2D eigenvalue weighted by Crippen LogP contribution is 1.99. The Morgan fingerprint density at radius 2 is 1.79 bits per heavy atom. The van der Waals surface area contributed by atoms with Crippen molar-refractivity contribution < 1.29 is 8.78 Å². The number of hydrogen-bond donors (Lipinski definition) is 1. The van der Waals surface area contributed by atoms with E-state index in [9.17, 15) is 8.78 Å². The first kappa shape index (κ1) is 13.8. The lowest BCUT2D eigenvalue weighted by Gasteiger charge is -2.20. The van der Waals surface area contributed by atoms with Gasteiger partial charge in [0.15, 0.2) is 0 Å². The highest BCUT2D eigenvalue weighted by atomic mass is 19.3. The molecule has 0 aliphatic carbocycles. The molecule has 0 aromatic heterocycles. The van der Waals surface area contributed by atoms with Crippen LogP contribution in [0, 0.1) is 5.92 Å². The van der Waals surface area contributed by atoms with E-state index in [0.29, 0.717) is 18.5 Å². The maximum Gasteiger partial charge on any atom is 0.251 e. The monoisotopic (exact) mass is 208 g/mol. The van der Waals surface area contributed by atoms with Gasteiger partial charge in [-0.1, -0.05) is 13.8 Å². The highest BCUT2D eigenvalue weighted by molar-refractivity contribution is 4.65. The van der Waals surface area contributed by atoms with Crippen LogP contribution in [0.3, 0.4) is 0 Å². The average molecular weight is 208 g/mol. The Labute approximate surface area is 85.7 Å². The van der Waals surface area contributed by atoms with Crippen LogP contribution in [-0.2, 0) is 0 Å². The number of hydrogen-bond acceptors (Lipinski definition) is 2. The maximum atomic E-state index is 11.9. The number of nitrogens with one attached hydrogen (secondary N) is 1. The van der Waals surface area contributed by atoms with Gasteiger partial charge in [0.2, 0.25) is 0 Å². The fourth-order valence-corrected chi connectivity index (χ4v) is 1.05. The fourth-order valence-electron chi connectivity index (χ4n) is 1.05. The lowest BCUT2D eigenvalue weighted by Crippen LogP contribution is -2.38. The Kier molecular flexibility index (Phi) is 7.01. The lowest BCUT2D eigenvalue weighted by molar-refractivity contribution is 0.100. The van der Waals surface area contributed by atoms with E-state index in [0.717, 1.165) is 6.54 Å². The van der Waals surface area contributed by atoms with Gasteiger partial charge in [-0.3, -0.25) is 4.90 Å². The van der Waals surface area contributed by atoms with E-state index in [-0.39, 0.29) is 6.54 Å². The van der Waals surface area contributed by atoms with Gasteiger partial charge >= 0.3 is 0 Å². The molecule has 1 N–H and O–H groups in total. The molecule has 0 heterocycles. The van der Waals surface area contributed by atoms with E-state index in [1.54, 1.807) is 11.9 Å². The summed E-state index contributed by atoms with van der Waals surface area (Å²) in [5, 5.41) is 3.30. The average Bonchev–Trinajstić information content (AvgIpc) is 2.02. The molecule has 0 radical (unpaired) electrons. The molecule has 0 bridgehead atoms. The van der Waals surface area contributed by atoms with E-state index in [2.05, 4.69) is 26.1 Å². The molecule has 0 fully saturated rings. The molecule has 4 heteroatoms.